The lowest BCUT2D eigenvalue weighted by Gasteiger charge is -2.31. The number of halogens is 2. The lowest BCUT2D eigenvalue weighted by molar-refractivity contribution is -0.121. The topological polar surface area (TPSA) is 70.2 Å². The molecule has 5 nitrogen and oxygen atoms in total. The second-order valence-corrected chi connectivity index (χ2v) is 8.00. The van der Waals surface area contributed by atoms with E-state index in [0.717, 1.165) is 17.2 Å². The lowest BCUT2D eigenvalue weighted by atomic mass is 9.74. The van der Waals surface area contributed by atoms with Crippen LogP contribution in [0, 0.1) is 5.82 Å². The zero-order valence-electron chi connectivity index (χ0n) is 16.7. The van der Waals surface area contributed by atoms with E-state index in [1.54, 1.807) is 0 Å². The van der Waals surface area contributed by atoms with Crippen LogP contribution in [-0.2, 0) is 10.2 Å². The van der Waals surface area contributed by atoms with Gasteiger partial charge in [-0.1, -0.05) is 49.7 Å². The average Bonchev–Trinajstić information content (AvgIpc) is 3.21. The maximum atomic E-state index is 14.1. The number of amides is 2. The molecule has 154 valence electrons. The Morgan fingerprint density at radius 3 is 2.59 bits per heavy atom. The number of rotatable bonds is 5. The van der Waals surface area contributed by atoms with Crippen LogP contribution >= 0.6 is 11.6 Å². The van der Waals surface area contributed by atoms with Gasteiger partial charge in [0.15, 0.2) is 0 Å². The molecule has 1 saturated heterocycles. The quantitative estimate of drug-likeness (QED) is 0.692. The zero-order chi connectivity index (χ0) is 21.2. The highest BCUT2D eigenvalue weighted by atomic mass is 35.5. The molecule has 1 aliphatic heterocycles. The second-order valence-electron chi connectivity index (χ2n) is 7.60. The average molecular weight is 418 g/mol. The summed E-state index contributed by atoms with van der Waals surface area (Å²) in [6.07, 6.45) is 0.605. The normalized spacial score (nSPS) is 18.7. The molecule has 3 N–H and O–H groups in total. The molecule has 1 fully saturated rings. The van der Waals surface area contributed by atoms with Crippen LogP contribution in [0.25, 0.3) is 0 Å². The predicted molar refractivity (Wildman–Crippen MR) is 113 cm³/mol. The summed E-state index contributed by atoms with van der Waals surface area (Å²) >= 11 is 5.85. The number of benzene rings is 2. The van der Waals surface area contributed by atoms with Crippen LogP contribution in [-0.4, -0.2) is 32.0 Å². The van der Waals surface area contributed by atoms with Crippen molar-refractivity contribution < 1.29 is 14.0 Å². The van der Waals surface area contributed by atoms with Gasteiger partial charge in [-0.2, -0.15) is 0 Å². The largest absolute Gasteiger partial charge is 0.355 e. The summed E-state index contributed by atoms with van der Waals surface area (Å²) in [6.45, 7) is 5.33. The molecule has 0 aliphatic carbocycles. The monoisotopic (exact) mass is 417 g/mol. The fourth-order valence-electron chi connectivity index (χ4n) is 3.89. The van der Waals surface area contributed by atoms with Gasteiger partial charge in [0.2, 0.25) is 5.91 Å². The van der Waals surface area contributed by atoms with Gasteiger partial charge in [-0.25, -0.2) is 4.39 Å². The first-order chi connectivity index (χ1) is 13.8. The maximum Gasteiger partial charge on any atom is 0.253 e. The maximum absolute atomic E-state index is 14.1. The van der Waals surface area contributed by atoms with Crippen molar-refractivity contribution >= 4 is 29.1 Å². The van der Waals surface area contributed by atoms with Crippen LogP contribution in [0.2, 0.25) is 5.02 Å². The van der Waals surface area contributed by atoms with E-state index in [1.807, 2.05) is 24.3 Å². The fourth-order valence-corrected chi connectivity index (χ4v) is 4.05. The summed E-state index contributed by atoms with van der Waals surface area (Å²) < 4.78 is 14.1. The molecule has 29 heavy (non-hydrogen) atoms. The smallest absolute Gasteiger partial charge is 0.253 e. The van der Waals surface area contributed by atoms with Gasteiger partial charge < -0.3 is 16.0 Å². The second kappa shape index (κ2) is 8.51. The van der Waals surface area contributed by atoms with Crippen LogP contribution in [0.4, 0.5) is 10.1 Å². The number of carbonyl (C=O) groups excluding carboxylic acids is 2. The van der Waals surface area contributed by atoms with E-state index in [1.165, 1.54) is 13.1 Å². The molecule has 0 aromatic heterocycles. The minimum atomic E-state index is -0.809. The van der Waals surface area contributed by atoms with Crippen LogP contribution in [0.3, 0.4) is 0 Å². The first kappa shape index (κ1) is 21.3. The van der Waals surface area contributed by atoms with Crippen molar-refractivity contribution in [3.63, 3.8) is 0 Å². The van der Waals surface area contributed by atoms with Crippen LogP contribution in [0.5, 0.6) is 0 Å². The van der Waals surface area contributed by atoms with Crippen molar-refractivity contribution in [3.8, 4) is 0 Å². The van der Waals surface area contributed by atoms with E-state index in [-0.39, 0.29) is 28.1 Å². The van der Waals surface area contributed by atoms with Gasteiger partial charge in [-0.15, -0.1) is 0 Å². The Morgan fingerprint density at radius 1 is 1.24 bits per heavy atom. The Balaban J connectivity index is 2.05. The fraction of sp³-hybridized carbons (Fsp3) is 0.364. The molecule has 2 aromatic rings. The van der Waals surface area contributed by atoms with Crippen molar-refractivity contribution in [2.45, 2.75) is 31.6 Å². The third-order valence-corrected chi connectivity index (χ3v) is 5.76. The third kappa shape index (κ3) is 4.00. The minimum absolute atomic E-state index is 0.101. The standard InChI is InChI=1S/C22H25ClFN3O2/c1-13(2)14-6-4-5-7-16(14)22(8-9-26-12-22)21(29)27-19-11-18(24)17(23)10-15(19)20(28)25-3/h4-7,10-11,13,26H,8-9,12H2,1-3H3,(H,25,28)(H,27,29). The Bertz CT molecular complexity index is 940. The summed E-state index contributed by atoms with van der Waals surface area (Å²) in [5.74, 6) is -1.19. The Kier molecular flexibility index (Phi) is 6.24. The number of anilines is 1. The number of hydrogen-bond donors (Lipinski definition) is 3. The Hall–Kier alpha value is -2.44. The zero-order valence-corrected chi connectivity index (χ0v) is 17.5. The molecule has 0 radical (unpaired) electrons. The lowest BCUT2D eigenvalue weighted by Crippen LogP contribution is -2.43. The molecule has 1 aliphatic rings. The predicted octanol–water partition coefficient (Wildman–Crippen LogP) is 3.83. The molecular formula is C22H25ClFN3O2. The van der Waals surface area contributed by atoms with Crippen LogP contribution in [0.15, 0.2) is 36.4 Å². The van der Waals surface area contributed by atoms with Gasteiger partial charge in [-0.05, 0) is 42.1 Å². The molecule has 2 aromatic carbocycles. The highest BCUT2D eigenvalue weighted by Gasteiger charge is 2.44. The van der Waals surface area contributed by atoms with Gasteiger partial charge in [0.05, 0.1) is 21.7 Å². The highest BCUT2D eigenvalue weighted by Crippen LogP contribution is 2.37. The Morgan fingerprint density at radius 2 is 1.97 bits per heavy atom. The molecule has 0 spiro atoms. The number of nitrogens with one attached hydrogen (secondary N) is 3. The van der Waals surface area contributed by atoms with Crippen molar-refractivity contribution in [2.75, 3.05) is 25.5 Å². The molecule has 1 atom stereocenters. The number of carbonyl (C=O) groups is 2. The molecule has 0 bridgehead atoms. The van der Waals surface area contributed by atoms with E-state index in [0.29, 0.717) is 19.5 Å². The van der Waals surface area contributed by atoms with E-state index in [9.17, 15) is 14.0 Å². The van der Waals surface area contributed by atoms with E-state index in [2.05, 4.69) is 29.8 Å². The summed E-state index contributed by atoms with van der Waals surface area (Å²) in [5, 5.41) is 8.40. The van der Waals surface area contributed by atoms with Gasteiger partial charge >= 0.3 is 0 Å². The van der Waals surface area contributed by atoms with E-state index < -0.39 is 17.1 Å². The number of hydrogen-bond acceptors (Lipinski definition) is 3. The molecular weight excluding hydrogens is 393 g/mol. The molecule has 3 rings (SSSR count). The third-order valence-electron chi connectivity index (χ3n) is 5.47. The van der Waals surface area contributed by atoms with Crippen molar-refractivity contribution in [1.29, 1.82) is 0 Å². The van der Waals surface area contributed by atoms with E-state index >= 15 is 0 Å². The summed E-state index contributed by atoms with van der Waals surface area (Å²) in [5.41, 5.74) is 1.46. The molecule has 1 heterocycles. The molecule has 2 amide bonds. The summed E-state index contributed by atoms with van der Waals surface area (Å²) in [4.78, 5) is 25.8. The van der Waals surface area contributed by atoms with Crippen molar-refractivity contribution in [3.05, 3.63) is 63.9 Å². The molecule has 7 heteroatoms. The van der Waals surface area contributed by atoms with E-state index in [4.69, 9.17) is 11.6 Å². The van der Waals surface area contributed by atoms with Crippen molar-refractivity contribution in [2.24, 2.45) is 0 Å². The summed E-state index contributed by atoms with van der Waals surface area (Å²) in [7, 11) is 1.46. The first-order valence-electron chi connectivity index (χ1n) is 9.63. The van der Waals surface area contributed by atoms with Gasteiger partial charge in [0, 0.05) is 13.6 Å². The van der Waals surface area contributed by atoms with Crippen molar-refractivity contribution in [1.82, 2.24) is 10.6 Å². The first-order valence-corrected chi connectivity index (χ1v) is 10.0. The molecule has 1 unspecified atom stereocenters. The van der Waals surface area contributed by atoms with Gasteiger partial charge in [0.1, 0.15) is 5.82 Å². The van der Waals surface area contributed by atoms with Crippen LogP contribution in [0.1, 0.15) is 47.7 Å². The van der Waals surface area contributed by atoms with Gasteiger partial charge in [-0.3, -0.25) is 9.59 Å². The minimum Gasteiger partial charge on any atom is -0.355 e. The van der Waals surface area contributed by atoms with Gasteiger partial charge in [0.25, 0.3) is 5.91 Å². The van der Waals surface area contributed by atoms with Crippen LogP contribution < -0.4 is 16.0 Å². The highest BCUT2D eigenvalue weighted by molar-refractivity contribution is 6.31. The SMILES string of the molecule is CNC(=O)c1cc(Cl)c(F)cc1NC(=O)C1(c2ccccc2C(C)C)CCNC1. The summed E-state index contributed by atoms with van der Waals surface area (Å²) in [6, 6.07) is 10.2. The molecule has 0 saturated carbocycles. The Labute approximate surface area is 175 Å².